The van der Waals surface area contributed by atoms with Crippen LogP contribution in [0.5, 0.6) is 0 Å². The number of carbonyl (C=O) groups excluding carboxylic acids is 1. The van der Waals surface area contributed by atoms with Crippen LogP contribution in [-0.4, -0.2) is 42.8 Å². The second-order valence-corrected chi connectivity index (χ2v) is 7.67. The van der Waals surface area contributed by atoms with E-state index < -0.39 is 11.2 Å². The number of pyridine rings is 1. The highest BCUT2D eigenvalue weighted by Crippen LogP contribution is 2.42. The Bertz CT molecular complexity index is 985. The van der Waals surface area contributed by atoms with Crippen molar-refractivity contribution in [2.45, 2.75) is 44.3 Å². The summed E-state index contributed by atoms with van der Waals surface area (Å²) in [7, 11) is 6.22. The molecule has 2 radical (unpaired) electrons. The highest BCUT2D eigenvalue weighted by molar-refractivity contribution is 6.05. The van der Waals surface area contributed by atoms with Crippen molar-refractivity contribution >= 4 is 30.9 Å². The Labute approximate surface area is 151 Å². The van der Waals surface area contributed by atoms with Crippen molar-refractivity contribution in [3.63, 3.8) is 0 Å². The number of fused-ring (bicyclic) bond motifs is 5. The zero-order chi connectivity index (χ0) is 18.0. The second kappa shape index (κ2) is 5.68. The van der Waals surface area contributed by atoms with E-state index in [1.807, 2.05) is 4.57 Å². The van der Waals surface area contributed by atoms with E-state index in [1.54, 1.807) is 11.0 Å². The predicted octanol–water partition coefficient (Wildman–Crippen LogP) is 2.16. The zero-order valence-corrected chi connectivity index (χ0v) is 14.4. The first kappa shape index (κ1) is 16.1. The van der Waals surface area contributed by atoms with Crippen molar-refractivity contribution in [3.8, 4) is 0 Å². The molecule has 132 valence electrons. The molecule has 1 aromatic carbocycles. The molecule has 26 heavy (non-hydrogen) atoms. The van der Waals surface area contributed by atoms with Gasteiger partial charge >= 0.3 is 0 Å². The summed E-state index contributed by atoms with van der Waals surface area (Å²) in [5, 5.41) is 0.281. The number of benzene rings is 1. The van der Waals surface area contributed by atoms with Gasteiger partial charge < -0.3 is 14.3 Å². The predicted molar refractivity (Wildman–Crippen MR) is 98.4 cm³/mol. The number of rotatable bonds is 2. The Morgan fingerprint density at radius 3 is 2.77 bits per heavy atom. The standard InChI is InChI=1S/C19H19BFN3O2/c20-22-8-13-2-1-5-23(13)18-15(9-22)17-14(6-16(18)21)19(26)11(10-25)7-24(17)12-3-4-12/h6-7,10,12-13H,1-5,8-9H2. The lowest BCUT2D eigenvalue weighted by Gasteiger charge is -2.27. The SMILES string of the molecule is [B]N1Cc2c(c(F)cc3c(=O)c(C=O)cn(C4CC4)c23)N2CCCC2C1. The zero-order valence-electron chi connectivity index (χ0n) is 14.4. The summed E-state index contributed by atoms with van der Waals surface area (Å²) in [6.45, 7) is 1.87. The summed E-state index contributed by atoms with van der Waals surface area (Å²) in [4.78, 5) is 27.9. The Morgan fingerprint density at radius 2 is 2.04 bits per heavy atom. The summed E-state index contributed by atoms with van der Waals surface area (Å²) in [6, 6.07) is 1.78. The normalized spacial score (nSPS) is 23.0. The highest BCUT2D eigenvalue weighted by atomic mass is 19.1. The topological polar surface area (TPSA) is 45.6 Å². The molecule has 1 aliphatic carbocycles. The maximum absolute atomic E-state index is 15.2. The Morgan fingerprint density at radius 1 is 1.23 bits per heavy atom. The molecule has 2 aliphatic heterocycles. The fourth-order valence-corrected chi connectivity index (χ4v) is 4.62. The van der Waals surface area contributed by atoms with Crippen molar-refractivity contribution in [2.24, 2.45) is 0 Å². The lowest BCUT2D eigenvalue weighted by Crippen LogP contribution is -2.36. The largest absolute Gasteiger partial charge is 0.365 e. The molecule has 5 nitrogen and oxygen atoms in total. The summed E-state index contributed by atoms with van der Waals surface area (Å²) in [5.74, 6) is -0.391. The first-order valence-electron chi connectivity index (χ1n) is 9.20. The minimum Gasteiger partial charge on any atom is -0.365 e. The van der Waals surface area contributed by atoms with Crippen molar-refractivity contribution < 1.29 is 9.18 Å². The Hall–Kier alpha value is -2.15. The molecule has 1 atom stereocenters. The van der Waals surface area contributed by atoms with E-state index >= 15 is 4.39 Å². The van der Waals surface area contributed by atoms with E-state index in [1.165, 1.54) is 6.07 Å². The van der Waals surface area contributed by atoms with Gasteiger partial charge in [0.15, 0.2) is 19.7 Å². The average molecular weight is 351 g/mol. The number of aldehydes is 1. The number of halogens is 1. The fourth-order valence-electron chi connectivity index (χ4n) is 4.62. The maximum Gasteiger partial charge on any atom is 0.200 e. The summed E-state index contributed by atoms with van der Waals surface area (Å²) >= 11 is 0. The van der Waals surface area contributed by atoms with Gasteiger partial charge in [-0.25, -0.2) is 4.39 Å². The van der Waals surface area contributed by atoms with E-state index in [0.29, 0.717) is 25.1 Å². The van der Waals surface area contributed by atoms with E-state index in [2.05, 4.69) is 4.90 Å². The second-order valence-electron chi connectivity index (χ2n) is 7.67. The number of aromatic nitrogens is 1. The third-order valence-electron chi connectivity index (χ3n) is 5.91. The molecule has 1 saturated heterocycles. The van der Waals surface area contributed by atoms with Crippen molar-refractivity contribution in [3.05, 3.63) is 39.4 Å². The summed E-state index contributed by atoms with van der Waals surface area (Å²) in [6.07, 6.45) is 6.21. The van der Waals surface area contributed by atoms with E-state index in [-0.39, 0.29) is 23.0 Å². The molecule has 5 rings (SSSR count). The number of hydrogen-bond donors (Lipinski definition) is 0. The summed E-state index contributed by atoms with van der Waals surface area (Å²) < 4.78 is 17.2. The van der Waals surface area contributed by atoms with E-state index in [0.717, 1.165) is 43.3 Å². The smallest absolute Gasteiger partial charge is 0.200 e. The van der Waals surface area contributed by atoms with Crippen molar-refractivity contribution in [1.29, 1.82) is 0 Å². The fraction of sp³-hybridized carbons (Fsp3) is 0.474. The quantitative estimate of drug-likeness (QED) is 0.615. The maximum atomic E-state index is 15.2. The molecular formula is C19H19BFN3O2. The van der Waals surface area contributed by atoms with Crippen LogP contribution in [0, 0.1) is 5.82 Å². The van der Waals surface area contributed by atoms with Crippen LogP contribution in [0.25, 0.3) is 10.9 Å². The first-order chi connectivity index (χ1) is 12.6. The lowest BCUT2D eigenvalue weighted by molar-refractivity contribution is 0.112. The minimum atomic E-state index is -0.403. The van der Waals surface area contributed by atoms with Gasteiger partial charge in [-0.3, -0.25) is 9.59 Å². The molecule has 0 amide bonds. The van der Waals surface area contributed by atoms with Crippen molar-refractivity contribution in [1.82, 2.24) is 9.38 Å². The van der Waals surface area contributed by atoms with Crippen LogP contribution < -0.4 is 10.3 Å². The van der Waals surface area contributed by atoms with Gasteiger partial charge in [-0.05, 0) is 31.7 Å². The number of carbonyl (C=O) groups is 1. The molecule has 3 aliphatic rings. The van der Waals surface area contributed by atoms with Gasteiger partial charge in [-0.15, -0.1) is 0 Å². The van der Waals surface area contributed by atoms with Crippen LogP contribution in [0.2, 0.25) is 0 Å². The summed E-state index contributed by atoms with van der Waals surface area (Å²) in [5.41, 5.74) is 1.77. The van der Waals surface area contributed by atoms with Crippen LogP contribution in [0.15, 0.2) is 17.1 Å². The number of nitrogens with zero attached hydrogens (tertiary/aromatic N) is 3. The molecule has 1 saturated carbocycles. The molecule has 1 aromatic heterocycles. The van der Waals surface area contributed by atoms with Gasteiger partial charge in [0.2, 0.25) is 0 Å². The molecule has 0 bridgehead atoms. The van der Waals surface area contributed by atoms with Crippen molar-refractivity contribution in [2.75, 3.05) is 18.0 Å². The van der Waals surface area contributed by atoms with Gasteiger partial charge in [0.05, 0.1) is 16.8 Å². The van der Waals surface area contributed by atoms with Gasteiger partial charge in [0.25, 0.3) is 0 Å². The molecule has 2 aromatic rings. The lowest BCUT2D eigenvalue weighted by atomic mass is 10.0. The molecule has 0 spiro atoms. The molecule has 0 N–H and O–H groups in total. The van der Waals surface area contributed by atoms with Gasteiger partial charge in [-0.1, -0.05) is 0 Å². The van der Waals surface area contributed by atoms with Crippen LogP contribution >= 0.6 is 0 Å². The highest BCUT2D eigenvalue weighted by Gasteiger charge is 2.35. The van der Waals surface area contributed by atoms with Gasteiger partial charge in [-0.2, -0.15) is 0 Å². The van der Waals surface area contributed by atoms with Crippen LogP contribution in [0.3, 0.4) is 0 Å². The van der Waals surface area contributed by atoms with Gasteiger partial charge in [0, 0.05) is 48.9 Å². The van der Waals surface area contributed by atoms with Crippen LogP contribution in [0.1, 0.15) is 47.6 Å². The number of hydrogen-bond acceptors (Lipinski definition) is 4. The third kappa shape index (κ3) is 2.26. The molecular weight excluding hydrogens is 332 g/mol. The monoisotopic (exact) mass is 351 g/mol. The molecule has 7 heteroatoms. The number of anilines is 1. The molecule has 3 heterocycles. The van der Waals surface area contributed by atoms with E-state index in [4.69, 9.17) is 7.98 Å². The van der Waals surface area contributed by atoms with Gasteiger partial charge in [0.1, 0.15) is 5.82 Å². The molecule has 2 fully saturated rings. The Kier molecular flexibility index (Phi) is 3.51. The average Bonchev–Trinajstić information content (AvgIpc) is 3.38. The molecule has 1 unspecified atom stereocenters. The third-order valence-corrected chi connectivity index (χ3v) is 5.91. The van der Waals surface area contributed by atoms with Crippen LogP contribution in [-0.2, 0) is 6.54 Å². The van der Waals surface area contributed by atoms with Crippen LogP contribution in [0.4, 0.5) is 10.1 Å². The minimum absolute atomic E-state index is 0.0843. The Balaban J connectivity index is 1.89. The van der Waals surface area contributed by atoms with E-state index in [9.17, 15) is 9.59 Å². The first-order valence-corrected chi connectivity index (χ1v) is 9.20.